The van der Waals surface area contributed by atoms with E-state index in [1.165, 1.54) is 12.1 Å². The highest BCUT2D eigenvalue weighted by Gasteiger charge is 2.23. The molecule has 1 aromatic carbocycles. The number of amides is 2. The van der Waals surface area contributed by atoms with Gasteiger partial charge in [-0.3, -0.25) is 14.0 Å². The maximum absolute atomic E-state index is 13.0. The van der Waals surface area contributed by atoms with Gasteiger partial charge in [0.1, 0.15) is 5.82 Å². The second-order valence-electron chi connectivity index (χ2n) is 6.63. The van der Waals surface area contributed by atoms with E-state index in [1.807, 2.05) is 0 Å². The highest BCUT2D eigenvalue weighted by atomic mass is 19.1. The first-order valence-electron chi connectivity index (χ1n) is 9.26. The van der Waals surface area contributed by atoms with Crippen molar-refractivity contribution in [2.24, 2.45) is 0 Å². The zero-order valence-corrected chi connectivity index (χ0v) is 16.0. The summed E-state index contributed by atoms with van der Waals surface area (Å²) in [4.78, 5) is 31.4. The number of hydrogen-bond donors (Lipinski definition) is 1. The summed E-state index contributed by atoms with van der Waals surface area (Å²) in [6, 6.07) is 11.3. The van der Waals surface area contributed by atoms with Gasteiger partial charge in [-0.15, -0.1) is 0 Å². The van der Waals surface area contributed by atoms with E-state index in [4.69, 9.17) is 0 Å². The zero-order chi connectivity index (χ0) is 20.1. The summed E-state index contributed by atoms with van der Waals surface area (Å²) >= 11 is 0. The third-order valence-corrected chi connectivity index (χ3v) is 4.51. The number of carbonyl (C=O) groups excluding carboxylic acids is 2. The van der Waals surface area contributed by atoms with Crippen molar-refractivity contribution in [1.29, 1.82) is 0 Å². The van der Waals surface area contributed by atoms with Gasteiger partial charge in [-0.2, -0.15) is 0 Å². The molecule has 1 N–H and O–H groups in total. The normalized spacial score (nSPS) is 10.8. The molecule has 0 aliphatic rings. The molecular weight excluding hydrogens is 359 g/mol. The number of pyridine rings is 1. The first-order chi connectivity index (χ1) is 13.5. The smallest absolute Gasteiger partial charge is 0.287 e. The Morgan fingerprint density at radius 2 is 1.93 bits per heavy atom. The Hall–Kier alpha value is -3.22. The van der Waals surface area contributed by atoms with Crippen LogP contribution in [0, 0.1) is 5.82 Å². The second kappa shape index (κ2) is 8.65. The average Bonchev–Trinajstić information content (AvgIpc) is 3.10. The molecule has 0 saturated heterocycles. The summed E-state index contributed by atoms with van der Waals surface area (Å²) in [5, 5.41) is 2.77. The van der Waals surface area contributed by atoms with E-state index in [0.717, 1.165) is 18.4 Å². The van der Waals surface area contributed by atoms with E-state index in [0.29, 0.717) is 12.1 Å². The SMILES string of the molecule is CCCCN(C)C(=O)c1nc(C(=O)NCc2ccc(F)cc2)n2ccccc12. The van der Waals surface area contributed by atoms with Crippen molar-refractivity contribution in [3.8, 4) is 0 Å². The summed E-state index contributed by atoms with van der Waals surface area (Å²) in [5.41, 5.74) is 1.61. The molecule has 28 heavy (non-hydrogen) atoms. The van der Waals surface area contributed by atoms with E-state index in [9.17, 15) is 14.0 Å². The van der Waals surface area contributed by atoms with Crippen LogP contribution in [0.1, 0.15) is 46.4 Å². The van der Waals surface area contributed by atoms with E-state index in [1.54, 1.807) is 52.9 Å². The number of hydrogen-bond acceptors (Lipinski definition) is 3. The first kappa shape index (κ1) is 19.5. The van der Waals surface area contributed by atoms with Crippen molar-refractivity contribution in [1.82, 2.24) is 19.6 Å². The van der Waals surface area contributed by atoms with Gasteiger partial charge in [0.25, 0.3) is 11.8 Å². The third-order valence-electron chi connectivity index (χ3n) is 4.51. The number of nitrogens with one attached hydrogen (secondary N) is 1. The monoisotopic (exact) mass is 382 g/mol. The zero-order valence-electron chi connectivity index (χ0n) is 16.0. The summed E-state index contributed by atoms with van der Waals surface area (Å²) < 4.78 is 14.6. The number of fused-ring (bicyclic) bond motifs is 1. The molecule has 146 valence electrons. The van der Waals surface area contributed by atoms with Crippen molar-refractivity contribution >= 4 is 17.3 Å². The summed E-state index contributed by atoms with van der Waals surface area (Å²) in [7, 11) is 1.74. The molecule has 0 bridgehead atoms. The van der Waals surface area contributed by atoms with Crippen LogP contribution < -0.4 is 5.32 Å². The molecule has 0 fully saturated rings. The topological polar surface area (TPSA) is 66.7 Å². The molecule has 0 saturated carbocycles. The maximum atomic E-state index is 13.0. The van der Waals surface area contributed by atoms with Gasteiger partial charge in [-0.1, -0.05) is 31.5 Å². The quantitative estimate of drug-likeness (QED) is 0.682. The van der Waals surface area contributed by atoms with Crippen LogP contribution in [0.25, 0.3) is 5.52 Å². The van der Waals surface area contributed by atoms with Crippen molar-refractivity contribution in [3.05, 3.63) is 71.6 Å². The Morgan fingerprint density at radius 3 is 2.64 bits per heavy atom. The number of carbonyl (C=O) groups is 2. The fraction of sp³-hybridized carbons (Fsp3) is 0.286. The van der Waals surface area contributed by atoms with Crippen LogP contribution in [0.3, 0.4) is 0 Å². The lowest BCUT2D eigenvalue weighted by molar-refractivity contribution is 0.0790. The first-order valence-corrected chi connectivity index (χ1v) is 9.26. The number of unbranched alkanes of at least 4 members (excludes halogenated alkanes) is 1. The average molecular weight is 382 g/mol. The molecule has 6 nitrogen and oxygen atoms in total. The molecule has 2 aromatic heterocycles. The lowest BCUT2D eigenvalue weighted by Gasteiger charge is -2.15. The predicted octanol–water partition coefficient (Wildman–Crippen LogP) is 3.28. The van der Waals surface area contributed by atoms with E-state index < -0.39 is 5.91 Å². The third kappa shape index (κ3) is 4.19. The minimum atomic E-state index is -0.402. The van der Waals surface area contributed by atoms with Crippen LogP contribution in [0.2, 0.25) is 0 Å². The van der Waals surface area contributed by atoms with E-state index in [-0.39, 0.29) is 29.8 Å². The molecule has 0 radical (unpaired) electrons. The number of aromatic nitrogens is 2. The molecule has 0 unspecified atom stereocenters. The predicted molar refractivity (Wildman–Crippen MR) is 105 cm³/mol. The van der Waals surface area contributed by atoms with Gasteiger partial charge in [0.15, 0.2) is 5.69 Å². The maximum Gasteiger partial charge on any atom is 0.287 e. The number of benzene rings is 1. The molecule has 0 atom stereocenters. The van der Waals surface area contributed by atoms with E-state index in [2.05, 4.69) is 17.2 Å². The highest BCUT2D eigenvalue weighted by molar-refractivity contribution is 6.02. The fourth-order valence-electron chi connectivity index (χ4n) is 2.90. The van der Waals surface area contributed by atoms with Crippen LogP contribution in [0.15, 0.2) is 48.7 Å². The molecule has 2 heterocycles. The van der Waals surface area contributed by atoms with Gasteiger partial charge in [-0.25, -0.2) is 9.37 Å². The Balaban J connectivity index is 1.84. The second-order valence-corrected chi connectivity index (χ2v) is 6.63. The summed E-state index contributed by atoms with van der Waals surface area (Å²) in [5.74, 6) is -0.801. The van der Waals surface area contributed by atoms with Crippen molar-refractivity contribution < 1.29 is 14.0 Å². The van der Waals surface area contributed by atoms with Gasteiger partial charge >= 0.3 is 0 Å². The van der Waals surface area contributed by atoms with Crippen LogP contribution in [0.5, 0.6) is 0 Å². The minimum Gasteiger partial charge on any atom is -0.345 e. The summed E-state index contributed by atoms with van der Waals surface area (Å²) in [6.45, 7) is 2.93. The van der Waals surface area contributed by atoms with Crippen LogP contribution in [-0.4, -0.2) is 39.7 Å². The van der Waals surface area contributed by atoms with Crippen molar-refractivity contribution in [3.63, 3.8) is 0 Å². The lowest BCUT2D eigenvalue weighted by atomic mass is 10.2. The standard InChI is InChI=1S/C21H23FN4O2/c1-3-4-12-25(2)21(28)18-17-7-5-6-13-26(17)19(24-18)20(27)23-14-15-8-10-16(22)11-9-15/h5-11,13H,3-4,12,14H2,1-2H3,(H,23,27). The molecule has 0 spiro atoms. The van der Waals surface area contributed by atoms with E-state index >= 15 is 0 Å². The van der Waals surface area contributed by atoms with Gasteiger partial charge in [-0.05, 0) is 36.2 Å². The fourth-order valence-corrected chi connectivity index (χ4v) is 2.90. The minimum absolute atomic E-state index is 0.143. The Kier molecular flexibility index (Phi) is 6.03. The number of imidazole rings is 1. The molecule has 2 amide bonds. The highest BCUT2D eigenvalue weighted by Crippen LogP contribution is 2.15. The van der Waals surface area contributed by atoms with Crippen molar-refractivity contribution in [2.45, 2.75) is 26.3 Å². The van der Waals surface area contributed by atoms with Crippen LogP contribution >= 0.6 is 0 Å². The molecule has 7 heteroatoms. The Bertz CT molecular complexity index is 982. The molecule has 0 aliphatic carbocycles. The van der Waals surface area contributed by atoms with Gasteiger partial charge in [0.2, 0.25) is 5.82 Å². The number of nitrogens with zero attached hydrogens (tertiary/aromatic N) is 3. The van der Waals surface area contributed by atoms with Gasteiger partial charge < -0.3 is 10.2 Å². The van der Waals surface area contributed by atoms with Crippen LogP contribution in [-0.2, 0) is 6.54 Å². The Morgan fingerprint density at radius 1 is 1.18 bits per heavy atom. The number of rotatable bonds is 7. The van der Waals surface area contributed by atoms with Crippen LogP contribution in [0.4, 0.5) is 4.39 Å². The largest absolute Gasteiger partial charge is 0.345 e. The summed E-state index contributed by atoms with van der Waals surface area (Å²) in [6.07, 6.45) is 3.59. The Labute approximate surface area is 163 Å². The lowest BCUT2D eigenvalue weighted by Crippen LogP contribution is -2.28. The molecule has 3 rings (SSSR count). The van der Waals surface area contributed by atoms with Crippen molar-refractivity contribution in [2.75, 3.05) is 13.6 Å². The van der Waals surface area contributed by atoms with Gasteiger partial charge in [0, 0.05) is 26.3 Å². The van der Waals surface area contributed by atoms with Gasteiger partial charge in [0.05, 0.1) is 5.52 Å². The molecule has 0 aliphatic heterocycles. The molecule has 3 aromatic rings. The molecular formula is C21H23FN4O2. The number of halogens is 1.